The molecule has 4 nitrogen and oxygen atoms in total. The van der Waals surface area contributed by atoms with E-state index < -0.39 is 11.8 Å². The molecule has 1 aliphatic rings. The first-order valence-corrected chi connectivity index (χ1v) is 9.30. The van der Waals surface area contributed by atoms with Gasteiger partial charge >= 0.3 is 0 Å². The Balaban J connectivity index is 1.75. The van der Waals surface area contributed by atoms with Crippen molar-refractivity contribution in [3.8, 4) is 0 Å². The molecule has 26 heavy (non-hydrogen) atoms. The quantitative estimate of drug-likeness (QED) is 0.364. The maximum Gasteiger partial charge on any atom is 0.273 e. The molecule has 0 fully saturated rings. The second kappa shape index (κ2) is 7.51. The number of anilines is 1. The molecule has 1 aliphatic heterocycles. The zero-order valence-corrected chi connectivity index (χ0v) is 16.9. The number of hydrogen-bond donors (Lipinski definition) is 0. The van der Waals surface area contributed by atoms with Gasteiger partial charge in [-0.2, -0.15) is 0 Å². The third-order valence-corrected chi connectivity index (χ3v) is 5.89. The van der Waals surface area contributed by atoms with Gasteiger partial charge in [0.2, 0.25) is 0 Å². The van der Waals surface area contributed by atoms with Gasteiger partial charge in [0.05, 0.1) is 5.69 Å². The highest BCUT2D eigenvalue weighted by molar-refractivity contribution is 9.14. The Hall–Kier alpha value is -2.31. The molecule has 1 heterocycles. The molecule has 0 aliphatic carbocycles. The molecule has 0 unspecified atom stereocenters. The van der Waals surface area contributed by atoms with E-state index in [0.717, 1.165) is 16.0 Å². The molecule has 0 saturated heterocycles. The van der Waals surface area contributed by atoms with E-state index in [4.69, 9.17) is 0 Å². The van der Waals surface area contributed by atoms with Gasteiger partial charge in [-0.25, -0.2) is 4.90 Å². The smallest absolute Gasteiger partial charge is 0.273 e. The molecular formula is C20H13Br2NO3. The van der Waals surface area contributed by atoms with Gasteiger partial charge in [-0.05, 0) is 74.7 Å². The summed E-state index contributed by atoms with van der Waals surface area (Å²) in [5.41, 5.74) is 2.98. The van der Waals surface area contributed by atoms with Gasteiger partial charge in [0.15, 0.2) is 5.78 Å². The Morgan fingerprint density at radius 2 is 1.42 bits per heavy atom. The molecular weight excluding hydrogens is 462 g/mol. The first kappa shape index (κ1) is 18.5. The average molecular weight is 475 g/mol. The first-order chi connectivity index (χ1) is 12.4. The number of amides is 2. The van der Waals surface area contributed by atoms with Crippen LogP contribution in [0.25, 0.3) is 6.08 Å². The number of carbonyl (C=O) groups is 3. The molecule has 130 valence electrons. The summed E-state index contributed by atoms with van der Waals surface area (Å²) in [4.78, 5) is 37.6. The van der Waals surface area contributed by atoms with Crippen LogP contribution in [0.1, 0.15) is 21.5 Å². The number of allylic oxidation sites excluding steroid dienone is 1. The number of halogens is 2. The summed E-state index contributed by atoms with van der Waals surface area (Å²) < 4.78 is 0.368. The van der Waals surface area contributed by atoms with Crippen molar-refractivity contribution in [1.29, 1.82) is 0 Å². The van der Waals surface area contributed by atoms with Gasteiger partial charge in [-0.1, -0.05) is 35.9 Å². The lowest BCUT2D eigenvalue weighted by molar-refractivity contribution is -0.120. The van der Waals surface area contributed by atoms with Gasteiger partial charge in [0.1, 0.15) is 8.96 Å². The molecule has 0 radical (unpaired) electrons. The fourth-order valence-corrected chi connectivity index (χ4v) is 3.13. The molecule has 2 amide bonds. The summed E-state index contributed by atoms with van der Waals surface area (Å²) in [6.07, 6.45) is 3.25. The van der Waals surface area contributed by atoms with Crippen molar-refractivity contribution in [3.05, 3.63) is 80.3 Å². The number of hydrogen-bond acceptors (Lipinski definition) is 3. The lowest BCUT2D eigenvalue weighted by atomic mass is 10.1. The highest BCUT2D eigenvalue weighted by Gasteiger charge is 2.36. The Kier molecular flexibility index (Phi) is 5.34. The molecule has 6 heteroatoms. The van der Waals surface area contributed by atoms with Crippen molar-refractivity contribution in [3.63, 3.8) is 0 Å². The van der Waals surface area contributed by atoms with Crippen LogP contribution in [-0.4, -0.2) is 17.6 Å². The second-order valence-corrected chi connectivity index (χ2v) is 7.31. The molecule has 2 aromatic carbocycles. The number of carbonyl (C=O) groups excluding carboxylic acids is 3. The fourth-order valence-electron chi connectivity index (χ4n) is 2.43. The summed E-state index contributed by atoms with van der Waals surface area (Å²) in [5.74, 6) is -1.04. The number of rotatable bonds is 4. The van der Waals surface area contributed by atoms with E-state index in [9.17, 15) is 14.4 Å². The van der Waals surface area contributed by atoms with Crippen molar-refractivity contribution in [1.82, 2.24) is 0 Å². The van der Waals surface area contributed by atoms with Gasteiger partial charge < -0.3 is 0 Å². The van der Waals surface area contributed by atoms with Crippen molar-refractivity contribution in [2.24, 2.45) is 0 Å². The van der Waals surface area contributed by atoms with Crippen LogP contribution in [0, 0.1) is 6.92 Å². The van der Waals surface area contributed by atoms with Crippen LogP contribution >= 0.6 is 31.9 Å². The van der Waals surface area contributed by atoms with Crippen LogP contribution in [0.5, 0.6) is 0 Å². The standard InChI is InChI=1S/C20H13Br2NO3/c1-12-2-4-13(5-3-12)6-11-16(24)14-7-9-15(10-8-14)23-19(25)17(21)18(22)20(23)26/h2-11H,1H3/b11-6+. The number of aryl methyl sites for hydroxylation is 1. The lowest BCUT2D eigenvalue weighted by Gasteiger charge is -2.14. The van der Waals surface area contributed by atoms with E-state index in [1.54, 1.807) is 30.3 Å². The second-order valence-electron chi connectivity index (χ2n) is 5.73. The fraction of sp³-hybridized carbons (Fsp3) is 0.0500. The first-order valence-electron chi connectivity index (χ1n) is 7.71. The number of benzene rings is 2. The predicted octanol–water partition coefficient (Wildman–Crippen LogP) is 4.77. The Labute approximate surface area is 167 Å². The van der Waals surface area contributed by atoms with Crippen molar-refractivity contribution in [2.45, 2.75) is 6.92 Å². The normalized spacial score (nSPS) is 14.7. The molecule has 0 bridgehead atoms. The Morgan fingerprint density at radius 1 is 0.885 bits per heavy atom. The monoisotopic (exact) mass is 473 g/mol. The SMILES string of the molecule is Cc1ccc(/C=C/C(=O)c2ccc(N3C(=O)C(Br)=C(Br)C3=O)cc2)cc1. The van der Waals surface area contributed by atoms with Crippen LogP contribution in [0.2, 0.25) is 0 Å². The van der Waals surface area contributed by atoms with Gasteiger partial charge in [-0.15, -0.1) is 0 Å². The van der Waals surface area contributed by atoms with Crippen LogP contribution in [-0.2, 0) is 9.59 Å². The topological polar surface area (TPSA) is 54.5 Å². The zero-order valence-electron chi connectivity index (χ0n) is 13.7. The molecule has 3 rings (SSSR count). The lowest BCUT2D eigenvalue weighted by Crippen LogP contribution is -2.30. The summed E-state index contributed by atoms with van der Waals surface area (Å²) in [6, 6.07) is 14.2. The van der Waals surface area contributed by atoms with Crippen LogP contribution in [0.15, 0.2) is 63.6 Å². The average Bonchev–Trinajstić information content (AvgIpc) is 2.84. The molecule has 0 atom stereocenters. The van der Waals surface area contributed by atoms with Gasteiger partial charge in [0.25, 0.3) is 11.8 Å². The maximum absolute atomic E-state index is 12.3. The van der Waals surface area contributed by atoms with Crippen LogP contribution in [0.3, 0.4) is 0 Å². The minimum atomic E-state index is -0.444. The highest BCUT2D eigenvalue weighted by Crippen LogP contribution is 2.33. The summed E-state index contributed by atoms with van der Waals surface area (Å²) >= 11 is 6.18. The number of imide groups is 1. The Bertz CT molecular complexity index is 934. The molecule has 0 N–H and O–H groups in total. The summed E-state index contributed by atoms with van der Waals surface area (Å²) in [6.45, 7) is 2.00. The minimum Gasteiger partial charge on any atom is -0.289 e. The summed E-state index contributed by atoms with van der Waals surface area (Å²) in [5, 5.41) is 0. The van der Waals surface area contributed by atoms with E-state index in [1.807, 2.05) is 31.2 Å². The maximum atomic E-state index is 12.3. The van der Waals surface area contributed by atoms with Crippen molar-refractivity contribution >= 4 is 61.2 Å². The molecule has 2 aromatic rings. The highest BCUT2D eigenvalue weighted by atomic mass is 79.9. The minimum absolute atomic E-state index is 0.156. The van der Waals surface area contributed by atoms with Gasteiger partial charge in [0, 0.05) is 5.56 Å². The van der Waals surface area contributed by atoms with Crippen LogP contribution < -0.4 is 4.90 Å². The number of ketones is 1. The van der Waals surface area contributed by atoms with E-state index in [-0.39, 0.29) is 14.7 Å². The van der Waals surface area contributed by atoms with Gasteiger partial charge in [-0.3, -0.25) is 14.4 Å². The molecule has 0 saturated carbocycles. The van der Waals surface area contributed by atoms with E-state index >= 15 is 0 Å². The van der Waals surface area contributed by atoms with E-state index in [1.165, 1.54) is 6.08 Å². The third kappa shape index (κ3) is 3.61. The third-order valence-electron chi connectivity index (χ3n) is 3.89. The molecule has 0 spiro atoms. The Morgan fingerprint density at radius 3 is 1.96 bits per heavy atom. The number of nitrogens with zero attached hydrogens (tertiary/aromatic N) is 1. The zero-order chi connectivity index (χ0) is 18.8. The van der Waals surface area contributed by atoms with E-state index in [0.29, 0.717) is 11.3 Å². The predicted molar refractivity (Wildman–Crippen MR) is 108 cm³/mol. The largest absolute Gasteiger partial charge is 0.289 e. The molecule has 0 aromatic heterocycles. The van der Waals surface area contributed by atoms with Crippen LogP contribution in [0.4, 0.5) is 5.69 Å². The summed E-state index contributed by atoms with van der Waals surface area (Å²) in [7, 11) is 0. The van der Waals surface area contributed by atoms with Crippen molar-refractivity contribution < 1.29 is 14.4 Å². The van der Waals surface area contributed by atoms with E-state index in [2.05, 4.69) is 31.9 Å². The van der Waals surface area contributed by atoms with Crippen molar-refractivity contribution in [2.75, 3.05) is 4.90 Å².